The highest BCUT2D eigenvalue weighted by Crippen LogP contribution is 2.14. The maximum Gasteiger partial charge on any atom is 0.254 e. The van der Waals surface area contributed by atoms with Gasteiger partial charge in [0, 0.05) is 38.2 Å². The van der Waals surface area contributed by atoms with E-state index in [9.17, 15) is 14.0 Å². The zero-order valence-electron chi connectivity index (χ0n) is 15.0. The van der Waals surface area contributed by atoms with Crippen LogP contribution in [0.1, 0.15) is 27.9 Å². The number of amides is 2. The predicted octanol–water partition coefficient (Wildman–Crippen LogP) is 3.05. The summed E-state index contributed by atoms with van der Waals surface area (Å²) < 4.78 is 12.9. The molecule has 0 aliphatic carbocycles. The molecular weight excluding hydrogens is 331 g/mol. The molecule has 0 atom stereocenters. The Morgan fingerprint density at radius 3 is 2.19 bits per heavy atom. The molecule has 2 aromatic carbocycles. The molecule has 0 N–H and O–H groups in total. The SMILES string of the molecule is Cc1ccccc1C(=O)N1CCN(C(=O)CCc2ccc(F)cc2)CC1. The third-order valence-corrected chi connectivity index (χ3v) is 4.84. The summed E-state index contributed by atoms with van der Waals surface area (Å²) >= 11 is 0. The van der Waals surface area contributed by atoms with Gasteiger partial charge in [-0.2, -0.15) is 0 Å². The largest absolute Gasteiger partial charge is 0.339 e. The topological polar surface area (TPSA) is 40.6 Å². The van der Waals surface area contributed by atoms with Crippen LogP contribution in [0.2, 0.25) is 0 Å². The van der Waals surface area contributed by atoms with Crippen molar-refractivity contribution in [3.8, 4) is 0 Å². The maximum absolute atomic E-state index is 12.9. The van der Waals surface area contributed by atoms with Crippen LogP contribution in [0.25, 0.3) is 0 Å². The van der Waals surface area contributed by atoms with Crippen LogP contribution in [0, 0.1) is 12.7 Å². The molecule has 0 unspecified atom stereocenters. The lowest BCUT2D eigenvalue weighted by Gasteiger charge is -2.35. The predicted molar refractivity (Wildman–Crippen MR) is 98.4 cm³/mol. The van der Waals surface area contributed by atoms with Crippen molar-refractivity contribution in [2.45, 2.75) is 19.8 Å². The van der Waals surface area contributed by atoms with E-state index < -0.39 is 0 Å². The first kappa shape index (κ1) is 18.1. The zero-order chi connectivity index (χ0) is 18.5. The first-order chi connectivity index (χ1) is 12.5. The van der Waals surface area contributed by atoms with E-state index in [4.69, 9.17) is 0 Å². The average molecular weight is 354 g/mol. The molecule has 136 valence electrons. The van der Waals surface area contributed by atoms with Crippen molar-refractivity contribution in [2.24, 2.45) is 0 Å². The molecule has 4 nitrogen and oxygen atoms in total. The van der Waals surface area contributed by atoms with E-state index in [2.05, 4.69) is 0 Å². The molecule has 0 radical (unpaired) electrons. The minimum Gasteiger partial charge on any atom is -0.339 e. The summed E-state index contributed by atoms with van der Waals surface area (Å²) in [5.41, 5.74) is 2.65. The summed E-state index contributed by atoms with van der Waals surface area (Å²) in [4.78, 5) is 28.6. The quantitative estimate of drug-likeness (QED) is 0.847. The van der Waals surface area contributed by atoms with Gasteiger partial charge in [-0.05, 0) is 42.7 Å². The number of hydrogen-bond acceptors (Lipinski definition) is 2. The van der Waals surface area contributed by atoms with Crippen LogP contribution >= 0.6 is 0 Å². The van der Waals surface area contributed by atoms with E-state index in [1.54, 1.807) is 12.1 Å². The Kier molecular flexibility index (Phi) is 5.66. The van der Waals surface area contributed by atoms with Crippen LogP contribution in [-0.2, 0) is 11.2 Å². The van der Waals surface area contributed by atoms with Gasteiger partial charge < -0.3 is 9.80 Å². The van der Waals surface area contributed by atoms with Gasteiger partial charge in [-0.25, -0.2) is 4.39 Å². The fourth-order valence-electron chi connectivity index (χ4n) is 3.20. The van der Waals surface area contributed by atoms with Crippen molar-refractivity contribution >= 4 is 11.8 Å². The lowest BCUT2D eigenvalue weighted by Crippen LogP contribution is -2.50. The van der Waals surface area contributed by atoms with Crippen LogP contribution in [-0.4, -0.2) is 47.8 Å². The normalized spacial score (nSPS) is 14.4. The van der Waals surface area contributed by atoms with Crippen molar-refractivity contribution in [3.05, 3.63) is 71.0 Å². The molecule has 2 aromatic rings. The second kappa shape index (κ2) is 8.13. The van der Waals surface area contributed by atoms with Gasteiger partial charge >= 0.3 is 0 Å². The molecule has 2 amide bonds. The van der Waals surface area contributed by atoms with Crippen LogP contribution in [0.3, 0.4) is 0 Å². The Balaban J connectivity index is 1.50. The van der Waals surface area contributed by atoms with Gasteiger partial charge in [0.2, 0.25) is 5.91 Å². The summed E-state index contributed by atoms with van der Waals surface area (Å²) in [7, 11) is 0. The number of hydrogen-bond donors (Lipinski definition) is 0. The summed E-state index contributed by atoms with van der Waals surface area (Å²) in [6.07, 6.45) is 0.999. The first-order valence-corrected chi connectivity index (χ1v) is 8.92. The molecule has 1 fully saturated rings. The van der Waals surface area contributed by atoms with E-state index in [0.29, 0.717) is 39.0 Å². The number of carbonyl (C=O) groups excluding carboxylic acids is 2. The van der Waals surface area contributed by atoms with E-state index in [1.807, 2.05) is 41.0 Å². The summed E-state index contributed by atoms with van der Waals surface area (Å²) in [6.45, 7) is 4.15. The molecule has 0 saturated carbocycles. The molecule has 0 spiro atoms. The van der Waals surface area contributed by atoms with Crippen LogP contribution in [0.4, 0.5) is 4.39 Å². The number of carbonyl (C=O) groups is 2. The Morgan fingerprint density at radius 2 is 1.54 bits per heavy atom. The molecule has 5 heteroatoms. The van der Waals surface area contributed by atoms with Gasteiger partial charge in [0.25, 0.3) is 5.91 Å². The third-order valence-electron chi connectivity index (χ3n) is 4.84. The van der Waals surface area contributed by atoms with Gasteiger partial charge in [-0.15, -0.1) is 0 Å². The highest BCUT2D eigenvalue weighted by atomic mass is 19.1. The first-order valence-electron chi connectivity index (χ1n) is 8.92. The fourth-order valence-corrected chi connectivity index (χ4v) is 3.20. The van der Waals surface area contributed by atoms with Gasteiger partial charge in [-0.3, -0.25) is 9.59 Å². The van der Waals surface area contributed by atoms with Gasteiger partial charge in [0.05, 0.1) is 0 Å². The van der Waals surface area contributed by atoms with Crippen molar-refractivity contribution in [1.82, 2.24) is 9.80 Å². The second-order valence-electron chi connectivity index (χ2n) is 6.61. The van der Waals surface area contributed by atoms with Crippen molar-refractivity contribution in [2.75, 3.05) is 26.2 Å². The molecule has 3 rings (SSSR count). The summed E-state index contributed by atoms with van der Waals surface area (Å²) in [5, 5.41) is 0. The van der Waals surface area contributed by atoms with Crippen LogP contribution < -0.4 is 0 Å². The monoisotopic (exact) mass is 354 g/mol. The van der Waals surface area contributed by atoms with Crippen molar-refractivity contribution in [1.29, 1.82) is 0 Å². The Hall–Kier alpha value is -2.69. The van der Waals surface area contributed by atoms with Gasteiger partial charge in [0.15, 0.2) is 0 Å². The number of benzene rings is 2. The van der Waals surface area contributed by atoms with Crippen molar-refractivity contribution in [3.63, 3.8) is 0 Å². The highest BCUT2D eigenvalue weighted by Gasteiger charge is 2.25. The van der Waals surface area contributed by atoms with Crippen molar-refractivity contribution < 1.29 is 14.0 Å². The fraction of sp³-hybridized carbons (Fsp3) is 0.333. The van der Waals surface area contributed by atoms with Crippen LogP contribution in [0.15, 0.2) is 48.5 Å². The van der Waals surface area contributed by atoms with E-state index in [-0.39, 0.29) is 17.6 Å². The zero-order valence-corrected chi connectivity index (χ0v) is 15.0. The molecule has 1 heterocycles. The molecule has 26 heavy (non-hydrogen) atoms. The lowest BCUT2D eigenvalue weighted by molar-refractivity contribution is -0.132. The third kappa shape index (κ3) is 4.28. The number of aryl methyl sites for hydroxylation is 2. The number of rotatable bonds is 4. The standard InChI is InChI=1S/C21H23FN2O2/c1-16-4-2-3-5-19(16)21(26)24-14-12-23(13-15-24)20(25)11-8-17-6-9-18(22)10-7-17/h2-7,9-10H,8,11-15H2,1H3. The molecule has 1 aliphatic heterocycles. The molecule has 0 bridgehead atoms. The summed E-state index contributed by atoms with van der Waals surface area (Å²) in [6, 6.07) is 13.8. The lowest BCUT2D eigenvalue weighted by atomic mass is 10.1. The Labute approximate surface area is 153 Å². The highest BCUT2D eigenvalue weighted by molar-refractivity contribution is 5.95. The van der Waals surface area contributed by atoms with Gasteiger partial charge in [-0.1, -0.05) is 30.3 Å². The second-order valence-corrected chi connectivity index (χ2v) is 6.61. The smallest absolute Gasteiger partial charge is 0.254 e. The molecule has 0 aromatic heterocycles. The molecule has 1 saturated heterocycles. The van der Waals surface area contributed by atoms with E-state index >= 15 is 0 Å². The number of halogens is 1. The maximum atomic E-state index is 12.9. The number of piperazine rings is 1. The van der Waals surface area contributed by atoms with Gasteiger partial charge in [0.1, 0.15) is 5.82 Å². The Bertz CT molecular complexity index is 781. The number of nitrogens with zero attached hydrogens (tertiary/aromatic N) is 2. The van der Waals surface area contributed by atoms with E-state index in [1.165, 1.54) is 12.1 Å². The molecule has 1 aliphatic rings. The van der Waals surface area contributed by atoms with Crippen LogP contribution in [0.5, 0.6) is 0 Å². The molecular formula is C21H23FN2O2. The Morgan fingerprint density at radius 1 is 0.923 bits per heavy atom. The minimum atomic E-state index is -0.269. The minimum absolute atomic E-state index is 0.0292. The van der Waals surface area contributed by atoms with E-state index in [0.717, 1.165) is 16.7 Å². The summed E-state index contributed by atoms with van der Waals surface area (Å²) in [5.74, 6) is -0.159. The average Bonchev–Trinajstić information content (AvgIpc) is 2.67.